The van der Waals surface area contributed by atoms with Gasteiger partial charge in [0.1, 0.15) is 5.82 Å². The third-order valence-electron chi connectivity index (χ3n) is 5.29. The molecule has 0 saturated carbocycles. The van der Waals surface area contributed by atoms with E-state index in [0.29, 0.717) is 37.4 Å². The van der Waals surface area contributed by atoms with E-state index in [4.69, 9.17) is 19.2 Å². The van der Waals surface area contributed by atoms with Crippen LogP contribution in [0.25, 0.3) is 10.9 Å². The Morgan fingerprint density at radius 3 is 2.65 bits per heavy atom. The smallest absolute Gasteiger partial charge is 0.346 e. The van der Waals surface area contributed by atoms with E-state index in [1.165, 1.54) is 18.9 Å². The SMILES string of the molecule is CC[C@@H](C)c1nc2ccc(Br)cc2c(=O)n1N=Cc1cc(I)c(O[C@@H](C)C(=O)OC)c(OC)c1. The summed E-state index contributed by atoms with van der Waals surface area (Å²) in [5.41, 5.74) is 1.08. The highest BCUT2D eigenvalue weighted by Crippen LogP contribution is 2.34. The Kier molecular flexibility index (Phi) is 8.69. The van der Waals surface area contributed by atoms with Crippen molar-refractivity contribution in [1.82, 2.24) is 9.66 Å². The molecule has 0 saturated heterocycles. The fraction of sp³-hybridized carbons (Fsp3) is 0.333. The van der Waals surface area contributed by atoms with Gasteiger partial charge in [-0.3, -0.25) is 4.79 Å². The second-order valence-corrected chi connectivity index (χ2v) is 9.70. The zero-order valence-electron chi connectivity index (χ0n) is 19.5. The number of carbonyl (C=O) groups is 1. The molecule has 0 aliphatic heterocycles. The van der Waals surface area contributed by atoms with Crippen LogP contribution in [0.5, 0.6) is 11.5 Å². The summed E-state index contributed by atoms with van der Waals surface area (Å²) in [5, 5.41) is 4.98. The number of hydrogen-bond donors (Lipinski definition) is 0. The largest absolute Gasteiger partial charge is 0.493 e. The number of ether oxygens (including phenoxy) is 3. The standard InChI is InChI=1S/C24H25BrIN3O5/c1-6-13(2)22-28-19-8-7-16(25)11-17(19)23(30)29(22)27-12-15-9-18(26)21(20(10-15)32-4)34-14(3)24(31)33-5/h7-14H,6H2,1-5H3/t13-,14+/m1/s1. The Morgan fingerprint density at radius 1 is 1.26 bits per heavy atom. The van der Waals surface area contributed by atoms with E-state index >= 15 is 0 Å². The molecular formula is C24H25BrIN3O5. The minimum absolute atomic E-state index is 0.0307. The lowest BCUT2D eigenvalue weighted by Gasteiger charge is -2.17. The van der Waals surface area contributed by atoms with Crippen molar-refractivity contribution >= 4 is 61.6 Å². The molecule has 180 valence electrons. The highest BCUT2D eigenvalue weighted by atomic mass is 127. The van der Waals surface area contributed by atoms with E-state index in [-0.39, 0.29) is 11.5 Å². The van der Waals surface area contributed by atoms with Gasteiger partial charge in [-0.2, -0.15) is 9.78 Å². The lowest BCUT2D eigenvalue weighted by molar-refractivity contribution is -0.147. The molecule has 1 aromatic heterocycles. The third kappa shape index (κ3) is 5.60. The minimum atomic E-state index is -0.799. The first kappa shape index (κ1) is 26.1. The van der Waals surface area contributed by atoms with Gasteiger partial charge in [-0.1, -0.05) is 29.8 Å². The number of halogens is 2. The lowest BCUT2D eigenvalue weighted by atomic mass is 10.1. The number of rotatable bonds is 8. The average molecular weight is 642 g/mol. The summed E-state index contributed by atoms with van der Waals surface area (Å²) in [7, 11) is 2.82. The van der Waals surface area contributed by atoms with Gasteiger partial charge in [0.2, 0.25) is 0 Å². The second kappa shape index (κ2) is 11.3. The van der Waals surface area contributed by atoms with Crippen LogP contribution in [-0.2, 0) is 9.53 Å². The van der Waals surface area contributed by atoms with Crippen molar-refractivity contribution < 1.29 is 19.0 Å². The number of fused-ring (bicyclic) bond motifs is 1. The average Bonchev–Trinajstić information content (AvgIpc) is 2.83. The number of benzene rings is 2. The Balaban J connectivity index is 2.07. The first-order valence-corrected chi connectivity index (χ1v) is 12.5. The molecule has 0 spiro atoms. The van der Waals surface area contributed by atoms with Crippen molar-refractivity contribution in [3.8, 4) is 11.5 Å². The van der Waals surface area contributed by atoms with Gasteiger partial charge < -0.3 is 14.2 Å². The molecule has 0 aliphatic rings. The molecule has 2 aromatic carbocycles. The van der Waals surface area contributed by atoms with Crippen molar-refractivity contribution in [2.45, 2.75) is 39.2 Å². The zero-order valence-corrected chi connectivity index (χ0v) is 23.2. The Bertz CT molecular complexity index is 1310. The van der Waals surface area contributed by atoms with Gasteiger partial charge in [0.15, 0.2) is 17.6 Å². The maximum Gasteiger partial charge on any atom is 0.346 e. The third-order valence-corrected chi connectivity index (χ3v) is 6.58. The van der Waals surface area contributed by atoms with Crippen molar-refractivity contribution in [1.29, 1.82) is 0 Å². The maximum absolute atomic E-state index is 13.3. The molecule has 10 heteroatoms. The number of carbonyl (C=O) groups excluding carboxylic acids is 1. The Hall–Kier alpha value is -2.47. The van der Waals surface area contributed by atoms with E-state index in [0.717, 1.165) is 10.9 Å². The van der Waals surface area contributed by atoms with Crippen molar-refractivity contribution in [2.75, 3.05) is 14.2 Å². The van der Waals surface area contributed by atoms with Crippen LogP contribution in [0.3, 0.4) is 0 Å². The predicted molar refractivity (Wildman–Crippen MR) is 143 cm³/mol. The predicted octanol–water partition coefficient (Wildman–Crippen LogP) is 5.11. The Morgan fingerprint density at radius 2 is 2.00 bits per heavy atom. The molecule has 0 unspecified atom stereocenters. The molecule has 3 aromatic rings. The molecule has 0 aliphatic carbocycles. The highest BCUT2D eigenvalue weighted by molar-refractivity contribution is 14.1. The fourth-order valence-electron chi connectivity index (χ4n) is 3.22. The van der Waals surface area contributed by atoms with Crippen LogP contribution in [0.15, 0.2) is 44.7 Å². The molecule has 0 amide bonds. The fourth-order valence-corrected chi connectivity index (χ4v) is 4.34. The summed E-state index contributed by atoms with van der Waals surface area (Å²) in [6, 6.07) is 8.98. The number of esters is 1. The van der Waals surface area contributed by atoms with E-state index < -0.39 is 12.1 Å². The number of methoxy groups -OCH3 is 2. The monoisotopic (exact) mass is 641 g/mol. The molecule has 1 heterocycles. The summed E-state index contributed by atoms with van der Waals surface area (Å²) < 4.78 is 18.8. The van der Waals surface area contributed by atoms with E-state index in [2.05, 4.69) is 43.6 Å². The molecule has 2 atom stereocenters. The molecule has 0 radical (unpaired) electrons. The van der Waals surface area contributed by atoms with Gasteiger partial charge in [-0.05, 0) is 71.8 Å². The van der Waals surface area contributed by atoms with Crippen LogP contribution >= 0.6 is 38.5 Å². The van der Waals surface area contributed by atoms with Crippen LogP contribution < -0.4 is 15.0 Å². The summed E-state index contributed by atoms with van der Waals surface area (Å²) >= 11 is 5.52. The van der Waals surface area contributed by atoms with Crippen molar-refractivity contribution in [3.05, 3.63) is 60.1 Å². The van der Waals surface area contributed by atoms with Crippen molar-refractivity contribution in [2.24, 2.45) is 5.10 Å². The van der Waals surface area contributed by atoms with Gasteiger partial charge in [-0.15, -0.1) is 0 Å². The molecular weight excluding hydrogens is 617 g/mol. The van der Waals surface area contributed by atoms with Gasteiger partial charge in [-0.25, -0.2) is 9.78 Å². The summed E-state index contributed by atoms with van der Waals surface area (Å²) in [6.07, 6.45) is 1.59. The normalized spacial score (nSPS) is 13.1. The molecule has 0 N–H and O–H groups in total. The zero-order chi connectivity index (χ0) is 25.0. The van der Waals surface area contributed by atoms with Gasteiger partial charge in [0.25, 0.3) is 5.56 Å². The topological polar surface area (TPSA) is 92.0 Å². The summed E-state index contributed by atoms with van der Waals surface area (Å²) in [4.78, 5) is 29.8. The number of hydrogen-bond acceptors (Lipinski definition) is 7. The van der Waals surface area contributed by atoms with Crippen LogP contribution in [0, 0.1) is 3.57 Å². The van der Waals surface area contributed by atoms with Crippen LogP contribution in [-0.4, -0.2) is 42.2 Å². The second-order valence-electron chi connectivity index (χ2n) is 7.62. The maximum atomic E-state index is 13.3. The first-order chi connectivity index (χ1) is 16.2. The molecule has 8 nitrogen and oxygen atoms in total. The quantitative estimate of drug-likeness (QED) is 0.193. The van der Waals surface area contributed by atoms with Gasteiger partial charge >= 0.3 is 5.97 Å². The molecule has 0 fully saturated rings. The van der Waals surface area contributed by atoms with Gasteiger partial charge in [0, 0.05) is 10.4 Å². The summed E-state index contributed by atoms with van der Waals surface area (Å²) in [6.45, 7) is 5.65. The number of nitrogens with zero attached hydrogens (tertiary/aromatic N) is 3. The first-order valence-electron chi connectivity index (χ1n) is 10.6. The lowest BCUT2D eigenvalue weighted by Crippen LogP contribution is -2.25. The van der Waals surface area contributed by atoms with E-state index in [1.807, 2.05) is 32.0 Å². The number of aromatic nitrogens is 2. The molecule has 3 rings (SSSR count). The van der Waals surface area contributed by atoms with E-state index in [1.54, 1.807) is 25.3 Å². The Labute approximate surface area is 219 Å². The summed E-state index contributed by atoms with van der Waals surface area (Å²) in [5.74, 6) is 0.984. The van der Waals surface area contributed by atoms with Crippen LogP contribution in [0.2, 0.25) is 0 Å². The van der Waals surface area contributed by atoms with Crippen LogP contribution in [0.1, 0.15) is 44.5 Å². The highest BCUT2D eigenvalue weighted by Gasteiger charge is 2.20. The van der Waals surface area contributed by atoms with Crippen LogP contribution in [0.4, 0.5) is 0 Å². The minimum Gasteiger partial charge on any atom is -0.493 e. The van der Waals surface area contributed by atoms with Crippen molar-refractivity contribution in [3.63, 3.8) is 0 Å². The molecule has 0 bridgehead atoms. The van der Waals surface area contributed by atoms with E-state index in [9.17, 15) is 9.59 Å². The van der Waals surface area contributed by atoms with Gasteiger partial charge in [0.05, 0.1) is 34.9 Å². The molecule has 34 heavy (non-hydrogen) atoms.